The molecule has 1 aliphatic carbocycles. The van der Waals surface area contributed by atoms with Gasteiger partial charge in [-0.3, -0.25) is 0 Å². The molecule has 0 bridgehead atoms. The first-order valence-electron chi connectivity index (χ1n) is 5.37. The normalized spacial score (nSPS) is 34.5. The predicted octanol–water partition coefficient (Wildman–Crippen LogP) is 2.25. The lowest BCUT2D eigenvalue weighted by Crippen LogP contribution is -2.35. The van der Waals surface area contributed by atoms with E-state index in [0.717, 1.165) is 5.75 Å². The molecule has 2 aliphatic rings. The zero-order valence-corrected chi connectivity index (χ0v) is 8.15. The molecule has 0 amide bonds. The molecule has 14 heavy (non-hydrogen) atoms. The van der Waals surface area contributed by atoms with Crippen molar-refractivity contribution in [3.8, 4) is 5.75 Å². The van der Waals surface area contributed by atoms with Gasteiger partial charge in [-0.15, -0.1) is 0 Å². The Hall–Kier alpha value is -1.02. The number of fused-ring (bicyclic) bond motifs is 2. The Balaban J connectivity index is 2.04. The summed E-state index contributed by atoms with van der Waals surface area (Å²) in [5.41, 5.74) is 7.44. The van der Waals surface area contributed by atoms with E-state index in [4.69, 9.17) is 10.5 Å². The Morgan fingerprint density at radius 1 is 1.21 bits per heavy atom. The minimum Gasteiger partial charge on any atom is -0.490 e. The van der Waals surface area contributed by atoms with E-state index >= 15 is 0 Å². The van der Waals surface area contributed by atoms with E-state index in [1.807, 2.05) is 18.2 Å². The molecule has 2 nitrogen and oxygen atoms in total. The molecule has 74 valence electrons. The molecule has 3 atom stereocenters. The summed E-state index contributed by atoms with van der Waals surface area (Å²) in [6.45, 7) is 0. The maximum Gasteiger partial charge on any atom is 0.124 e. The van der Waals surface area contributed by atoms with Crippen molar-refractivity contribution in [3.63, 3.8) is 0 Å². The van der Waals surface area contributed by atoms with E-state index < -0.39 is 0 Å². The Morgan fingerprint density at radius 3 is 3.00 bits per heavy atom. The van der Waals surface area contributed by atoms with Gasteiger partial charge in [-0.2, -0.15) is 0 Å². The largest absolute Gasteiger partial charge is 0.490 e. The average Bonchev–Trinajstić information content (AvgIpc) is 2.66. The zero-order chi connectivity index (χ0) is 9.54. The van der Waals surface area contributed by atoms with Crippen LogP contribution < -0.4 is 10.5 Å². The summed E-state index contributed by atoms with van der Waals surface area (Å²) in [4.78, 5) is 0. The van der Waals surface area contributed by atoms with Crippen LogP contribution in [0.2, 0.25) is 0 Å². The third-order valence-corrected chi connectivity index (χ3v) is 3.52. The summed E-state index contributed by atoms with van der Waals surface area (Å²) in [7, 11) is 0. The smallest absolute Gasteiger partial charge is 0.124 e. The van der Waals surface area contributed by atoms with Gasteiger partial charge in [-0.1, -0.05) is 18.2 Å². The predicted molar refractivity (Wildman–Crippen MR) is 55.1 cm³/mol. The second-order valence-corrected chi connectivity index (χ2v) is 4.31. The van der Waals surface area contributed by atoms with Crippen molar-refractivity contribution < 1.29 is 4.74 Å². The third kappa shape index (κ3) is 1.07. The molecule has 2 N–H and O–H groups in total. The summed E-state index contributed by atoms with van der Waals surface area (Å²) in [6, 6.07) is 8.36. The van der Waals surface area contributed by atoms with Crippen LogP contribution in [0.1, 0.15) is 30.9 Å². The molecule has 1 saturated carbocycles. The molecule has 3 rings (SSSR count). The number of benzene rings is 1. The van der Waals surface area contributed by atoms with Gasteiger partial charge in [0, 0.05) is 17.5 Å². The van der Waals surface area contributed by atoms with Crippen LogP contribution in [0.5, 0.6) is 5.75 Å². The highest BCUT2D eigenvalue weighted by atomic mass is 16.5. The lowest BCUT2D eigenvalue weighted by Gasteiger charge is -2.33. The van der Waals surface area contributed by atoms with Crippen molar-refractivity contribution in [2.75, 3.05) is 0 Å². The highest BCUT2D eigenvalue weighted by Crippen LogP contribution is 2.44. The fraction of sp³-hybridized carbons (Fsp3) is 0.500. The van der Waals surface area contributed by atoms with Crippen LogP contribution in [0.25, 0.3) is 0 Å². The Kier molecular flexibility index (Phi) is 1.77. The second-order valence-electron chi connectivity index (χ2n) is 4.31. The summed E-state index contributed by atoms with van der Waals surface area (Å²) >= 11 is 0. The van der Waals surface area contributed by atoms with E-state index in [9.17, 15) is 0 Å². The summed E-state index contributed by atoms with van der Waals surface area (Å²) in [5, 5.41) is 0. The van der Waals surface area contributed by atoms with Crippen LogP contribution in [0.4, 0.5) is 0 Å². The Morgan fingerprint density at radius 2 is 2.07 bits per heavy atom. The molecule has 1 fully saturated rings. The van der Waals surface area contributed by atoms with E-state index in [1.165, 1.54) is 24.8 Å². The van der Waals surface area contributed by atoms with Gasteiger partial charge in [-0.05, 0) is 25.3 Å². The van der Waals surface area contributed by atoms with Crippen molar-refractivity contribution >= 4 is 0 Å². The van der Waals surface area contributed by atoms with Gasteiger partial charge < -0.3 is 10.5 Å². The molecular formula is C12H15NO. The van der Waals surface area contributed by atoms with Crippen LogP contribution in [0.3, 0.4) is 0 Å². The first kappa shape index (κ1) is 8.30. The quantitative estimate of drug-likeness (QED) is 0.679. The lowest BCUT2D eigenvalue weighted by molar-refractivity contribution is 0.118. The maximum absolute atomic E-state index is 6.25. The fourth-order valence-electron chi connectivity index (χ4n) is 2.77. The summed E-state index contributed by atoms with van der Waals surface area (Å²) in [6.07, 6.45) is 4.03. The van der Waals surface area contributed by atoms with E-state index in [-0.39, 0.29) is 6.04 Å². The summed E-state index contributed by atoms with van der Waals surface area (Å²) in [5.74, 6) is 1.55. The molecule has 0 saturated heterocycles. The van der Waals surface area contributed by atoms with Gasteiger partial charge in [0.25, 0.3) is 0 Å². The van der Waals surface area contributed by atoms with Crippen LogP contribution >= 0.6 is 0 Å². The number of hydrogen-bond acceptors (Lipinski definition) is 2. The molecular weight excluding hydrogens is 174 g/mol. The molecule has 3 unspecified atom stereocenters. The van der Waals surface area contributed by atoms with Crippen molar-refractivity contribution in [3.05, 3.63) is 29.8 Å². The van der Waals surface area contributed by atoms with Crippen LogP contribution in [0, 0.1) is 5.92 Å². The van der Waals surface area contributed by atoms with Crippen LogP contribution in [0.15, 0.2) is 24.3 Å². The van der Waals surface area contributed by atoms with Gasteiger partial charge in [0.2, 0.25) is 0 Å². The number of para-hydroxylation sites is 1. The van der Waals surface area contributed by atoms with Gasteiger partial charge in [0.15, 0.2) is 0 Å². The molecule has 1 heterocycles. The third-order valence-electron chi connectivity index (χ3n) is 3.52. The molecule has 1 aliphatic heterocycles. The summed E-state index contributed by atoms with van der Waals surface area (Å²) < 4.78 is 5.95. The number of ether oxygens (including phenoxy) is 1. The number of rotatable bonds is 0. The van der Waals surface area contributed by atoms with Crippen molar-refractivity contribution in [1.82, 2.24) is 0 Å². The van der Waals surface area contributed by atoms with Gasteiger partial charge >= 0.3 is 0 Å². The van der Waals surface area contributed by atoms with E-state index in [0.29, 0.717) is 12.0 Å². The molecule has 0 aromatic heterocycles. The standard InChI is InChI=1S/C12H15NO/c13-12-8-4-1-2-6-10(8)14-11-7-3-5-9(11)12/h1-2,4,6,9,11-12H,3,5,7,13H2. The van der Waals surface area contributed by atoms with Gasteiger partial charge in [-0.25, -0.2) is 0 Å². The Bertz CT molecular complexity index is 350. The maximum atomic E-state index is 6.25. The fourth-order valence-corrected chi connectivity index (χ4v) is 2.77. The van der Waals surface area contributed by atoms with Crippen molar-refractivity contribution in [1.29, 1.82) is 0 Å². The first-order chi connectivity index (χ1) is 6.86. The van der Waals surface area contributed by atoms with Gasteiger partial charge in [0.1, 0.15) is 11.9 Å². The molecule has 0 radical (unpaired) electrons. The monoisotopic (exact) mass is 189 g/mol. The molecule has 1 aromatic carbocycles. The lowest BCUT2D eigenvalue weighted by atomic mass is 9.88. The van der Waals surface area contributed by atoms with Crippen molar-refractivity contribution in [2.45, 2.75) is 31.4 Å². The first-order valence-corrected chi connectivity index (χ1v) is 5.37. The minimum absolute atomic E-state index is 0.187. The highest BCUT2D eigenvalue weighted by Gasteiger charge is 2.38. The molecule has 1 aromatic rings. The second kappa shape index (κ2) is 2.99. The minimum atomic E-state index is 0.187. The topological polar surface area (TPSA) is 35.2 Å². The van der Waals surface area contributed by atoms with Crippen LogP contribution in [-0.2, 0) is 0 Å². The van der Waals surface area contributed by atoms with E-state index in [1.54, 1.807) is 0 Å². The van der Waals surface area contributed by atoms with Crippen LogP contribution in [-0.4, -0.2) is 6.10 Å². The number of nitrogens with two attached hydrogens (primary N) is 1. The number of hydrogen-bond donors (Lipinski definition) is 1. The van der Waals surface area contributed by atoms with Crippen molar-refractivity contribution in [2.24, 2.45) is 11.7 Å². The zero-order valence-electron chi connectivity index (χ0n) is 8.15. The Labute approximate surface area is 84.1 Å². The molecule has 2 heteroatoms. The highest BCUT2D eigenvalue weighted by molar-refractivity contribution is 5.38. The average molecular weight is 189 g/mol. The van der Waals surface area contributed by atoms with Gasteiger partial charge in [0.05, 0.1) is 0 Å². The SMILES string of the molecule is NC1c2ccccc2OC2CCCC21. The van der Waals surface area contributed by atoms with E-state index in [2.05, 4.69) is 6.07 Å². The molecule has 0 spiro atoms.